The molecule has 132 valence electrons. The Hall–Kier alpha value is -1.65. The highest BCUT2D eigenvalue weighted by Gasteiger charge is 2.34. The van der Waals surface area contributed by atoms with Crippen LogP contribution in [0, 0.1) is 0 Å². The monoisotopic (exact) mass is 375 g/mol. The molecule has 1 heterocycles. The van der Waals surface area contributed by atoms with Crippen molar-refractivity contribution in [3.05, 3.63) is 59.1 Å². The summed E-state index contributed by atoms with van der Waals surface area (Å²) in [5, 5.41) is 3.70. The SMILES string of the molecule is C[C@@H](Sc1ccc(Cl)cc1)C(=O)N[C@H]1CC(C)(C)Oc2ccccc21. The third kappa shape index (κ3) is 4.50. The van der Waals surface area contributed by atoms with Crippen molar-refractivity contribution in [2.45, 2.75) is 49.0 Å². The molecule has 25 heavy (non-hydrogen) atoms. The Morgan fingerprint density at radius 3 is 2.64 bits per heavy atom. The van der Waals surface area contributed by atoms with Crippen LogP contribution < -0.4 is 10.1 Å². The summed E-state index contributed by atoms with van der Waals surface area (Å²) in [4.78, 5) is 13.7. The lowest BCUT2D eigenvalue weighted by atomic mass is 9.89. The summed E-state index contributed by atoms with van der Waals surface area (Å²) < 4.78 is 6.03. The summed E-state index contributed by atoms with van der Waals surface area (Å²) in [6, 6.07) is 15.4. The fourth-order valence-corrected chi connectivity index (χ4v) is 3.99. The molecule has 2 aromatic carbocycles. The molecule has 0 aliphatic carbocycles. The highest BCUT2D eigenvalue weighted by Crippen LogP contribution is 2.39. The molecule has 2 atom stereocenters. The van der Waals surface area contributed by atoms with Gasteiger partial charge in [0.1, 0.15) is 11.4 Å². The van der Waals surface area contributed by atoms with Crippen molar-refractivity contribution in [2.75, 3.05) is 0 Å². The number of fused-ring (bicyclic) bond motifs is 1. The van der Waals surface area contributed by atoms with Gasteiger partial charge < -0.3 is 10.1 Å². The van der Waals surface area contributed by atoms with Crippen molar-refractivity contribution in [3.63, 3.8) is 0 Å². The number of nitrogens with one attached hydrogen (secondary N) is 1. The molecule has 5 heteroatoms. The number of carbonyl (C=O) groups excluding carboxylic acids is 1. The molecule has 2 aromatic rings. The van der Waals surface area contributed by atoms with Gasteiger partial charge in [0.05, 0.1) is 11.3 Å². The minimum Gasteiger partial charge on any atom is -0.487 e. The summed E-state index contributed by atoms with van der Waals surface area (Å²) in [7, 11) is 0. The summed E-state index contributed by atoms with van der Waals surface area (Å²) >= 11 is 7.44. The third-order valence-electron chi connectivity index (χ3n) is 4.19. The van der Waals surface area contributed by atoms with Gasteiger partial charge in [0, 0.05) is 21.9 Å². The number of carbonyl (C=O) groups is 1. The molecular weight excluding hydrogens is 354 g/mol. The lowest BCUT2D eigenvalue weighted by Crippen LogP contribution is -2.43. The predicted octanol–water partition coefficient (Wildman–Crippen LogP) is 5.24. The number of thioether (sulfide) groups is 1. The molecule has 1 aliphatic heterocycles. The van der Waals surface area contributed by atoms with Gasteiger partial charge in [-0.3, -0.25) is 4.79 Å². The second kappa shape index (κ2) is 7.30. The Bertz CT molecular complexity index is 761. The lowest BCUT2D eigenvalue weighted by Gasteiger charge is -2.38. The van der Waals surface area contributed by atoms with Crippen LogP contribution in [0.15, 0.2) is 53.4 Å². The van der Waals surface area contributed by atoms with Gasteiger partial charge in [-0.05, 0) is 51.1 Å². The average Bonchev–Trinajstić information content (AvgIpc) is 2.56. The summed E-state index contributed by atoms with van der Waals surface area (Å²) in [5.74, 6) is 0.875. The van der Waals surface area contributed by atoms with Crippen LogP contribution in [-0.2, 0) is 4.79 Å². The second-order valence-corrected chi connectivity index (χ2v) is 8.73. The van der Waals surface area contributed by atoms with Gasteiger partial charge in [-0.2, -0.15) is 0 Å². The first-order valence-electron chi connectivity index (χ1n) is 8.35. The van der Waals surface area contributed by atoms with Crippen molar-refractivity contribution >= 4 is 29.3 Å². The fourth-order valence-electron chi connectivity index (χ4n) is 2.99. The molecule has 0 bridgehead atoms. The van der Waals surface area contributed by atoms with Gasteiger partial charge in [-0.25, -0.2) is 0 Å². The van der Waals surface area contributed by atoms with Gasteiger partial charge in [0.15, 0.2) is 0 Å². The second-order valence-electron chi connectivity index (χ2n) is 6.88. The largest absolute Gasteiger partial charge is 0.487 e. The predicted molar refractivity (Wildman–Crippen MR) is 103 cm³/mol. The topological polar surface area (TPSA) is 38.3 Å². The van der Waals surface area contributed by atoms with Crippen molar-refractivity contribution in [1.82, 2.24) is 5.32 Å². The molecule has 1 amide bonds. The molecule has 0 aromatic heterocycles. The Morgan fingerprint density at radius 1 is 1.24 bits per heavy atom. The van der Waals surface area contributed by atoms with E-state index in [2.05, 4.69) is 5.32 Å². The maximum Gasteiger partial charge on any atom is 0.233 e. The van der Waals surface area contributed by atoms with Crippen LogP contribution in [0.1, 0.15) is 38.8 Å². The lowest BCUT2D eigenvalue weighted by molar-refractivity contribution is -0.121. The van der Waals surface area contributed by atoms with Crippen molar-refractivity contribution in [2.24, 2.45) is 0 Å². The van der Waals surface area contributed by atoms with Gasteiger partial charge in [-0.1, -0.05) is 29.8 Å². The maximum atomic E-state index is 12.7. The van der Waals surface area contributed by atoms with Crippen molar-refractivity contribution in [1.29, 1.82) is 0 Å². The van der Waals surface area contributed by atoms with Gasteiger partial charge in [0.2, 0.25) is 5.91 Å². The Morgan fingerprint density at radius 2 is 1.92 bits per heavy atom. The molecular formula is C20H22ClNO2S. The molecule has 0 fully saturated rings. The van der Waals surface area contributed by atoms with E-state index in [0.717, 1.165) is 22.6 Å². The fraction of sp³-hybridized carbons (Fsp3) is 0.350. The van der Waals surface area contributed by atoms with E-state index in [1.807, 2.05) is 69.3 Å². The molecule has 3 rings (SSSR count). The van der Waals surface area contributed by atoms with Crippen LogP contribution in [0.3, 0.4) is 0 Å². The van der Waals surface area contributed by atoms with E-state index in [0.29, 0.717) is 5.02 Å². The van der Waals surface area contributed by atoms with Crippen LogP contribution in [0.25, 0.3) is 0 Å². The highest BCUT2D eigenvalue weighted by atomic mass is 35.5. The Labute approximate surface area is 158 Å². The minimum absolute atomic E-state index is 0.0254. The summed E-state index contributed by atoms with van der Waals surface area (Å²) in [6.45, 7) is 6.02. The van der Waals surface area contributed by atoms with Crippen LogP contribution >= 0.6 is 23.4 Å². The molecule has 3 nitrogen and oxygen atoms in total. The smallest absolute Gasteiger partial charge is 0.233 e. The first-order valence-corrected chi connectivity index (χ1v) is 9.60. The van der Waals surface area contributed by atoms with Gasteiger partial charge >= 0.3 is 0 Å². The Kier molecular flexibility index (Phi) is 5.30. The number of benzene rings is 2. The van der Waals surface area contributed by atoms with Crippen molar-refractivity contribution < 1.29 is 9.53 Å². The standard InChI is InChI=1S/C20H22ClNO2S/c1-13(25-15-10-8-14(21)9-11-15)19(23)22-17-12-20(2,3)24-18-7-5-4-6-16(17)18/h4-11,13,17H,12H2,1-3H3,(H,22,23)/t13-,17+/m1/s1. The zero-order valence-corrected chi connectivity index (χ0v) is 16.2. The van der Waals surface area contributed by atoms with E-state index in [-0.39, 0.29) is 22.8 Å². The van der Waals surface area contributed by atoms with Crippen LogP contribution in [0.2, 0.25) is 5.02 Å². The van der Waals surface area contributed by atoms with Crippen molar-refractivity contribution in [3.8, 4) is 5.75 Å². The number of halogens is 1. The van der Waals surface area contributed by atoms with Crippen LogP contribution in [0.5, 0.6) is 5.75 Å². The molecule has 0 radical (unpaired) electrons. The quantitative estimate of drug-likeness (QED) is 0.742. The van der Waals surface area contributed by atoms with E-state index in [1.54, 1.807) is 0 Å². The maximum absolute atomic E-state index is 12.7. The third-order valence-corrected chi connectivity index (χ3v) is 5.55. The van der Waals surface area contributed by atoms with E-state index in [1.165, 1.54) is 11.8 Å². The minimum atomic E-state index is -0.307. The summed E-state index contributed by atoms with van der Waals surface area (Å²) in [6.07, 6.45) is 0.744. The average molecular weight is 376 g/mol. The first-order chi connectivity index (χ1) is 11.8. The molecule has 1 aliphatic rings. The number of ether oxygens (including phenoxy) is 1. The zero-order chi connectivity index (χ0) is 18.0. The molecule has 0 saturated carbocycles. The molecule has 0 unspecified atom stereocenters. The van der Waals surface area contributed by atoms with E-state index in [9.17, 15) is 4.79 Å². The number of amides is 1. The Balaban J connectivity index is 1.70. The van der Waals surface area contributed by atoms with E-state index < -0.39 is 0 Å². The molecule has 1 N–H and O–H groups in total. The highest BCUT2D eigenvalue weighted by molar-refractivity contribution is 8.00. The van der Waals surface area contributed by atoms with Gasteiger partial charge in [-0.15, -0.1) is 11.8 Å². The number of para-hydroxylation sites is 1. The zero-order valence-electron chi connectivity index (χ0n) is 14.6. The first kappa shape index (κ1) is 18.2. The summed E-state index contributed by atoms with van der Waals surface area (Å²) in [5.41, 5.74) is 0.734. The molecule has 0 spiro atoms. The van der Waals surface area contributed by atoms with Crippen LogP contribution in [0.4, 0.5) is 0 Å². The molecule has 0 saturated heterocycles. The number of rotatable bonds is 4. The number of hydrogen-bond donors (Lipinski definition) is 1. The van der Waals surface area contributed by atoms with Gasteiger partial charge in [0.25, 0.3) is 0 Å². The van der Waals surface area contributed by atoms with Crippen LogP contribution in [-0.4, -0.2) is 16.8 Å². The van der Waals surface area contributed by atoms with E-state index >= 15 is 0 Å². The van der Waals surface area contributed by atoms with E-state index in [4.69, 9.17) is 16.3 Å². The number of hydrogen-bond acceptors (Lipinski definition) is 3. The normalized spacial score (nSPS) is 19.4.